The van der Waals surface area contributed by atoms with Gasteiger partial charge in [-0.1, -0.05) is 17.7 Å². The number of ether oxygens (including phenoxy) is 2. The van der Waals surface area contributed by atoms with E-state index in [2.05, 4.69) is 5.32 Å². The molecule has 1 aromatic carbocycles. The number of hydrogen-bond donors (Lipinski definition) is 1. The maximum atomic E-state index is 13.2. The summed E-state index contributed by atoms with van der Waals surface area (Å²) in [7, 11) is 0. The topological polar surface area (TPSA) is 47.6 Å². The largest absolute Gasteiger partial charge is 0.351 e. The van der Waals surface area contributed by atoms with Gasteiger partial charge in [0.15, 0.2) is 6.29 Å². The highest BCUT2D eigenvalue weighted by Gasteiger charge is 2.15. The maximum absolute atomic E-state index is 13.2. The van der Waals surface area contributed by atoms with Gasteiger partial charge in [0, 0.05) is 13.2 Å². The smallest absolute Gasteiger partial charge is 0.253 e. The van der Waals surface area contributed by atoms with E-state index in [1.165, 1.54) is 18.2 Å². The number of halogens is 2. The van der Waals surface area contributed by atoms with Crippen molar-refractivity contribution in [2.75, 3.05) is 19.8 Å². The van der Waals surface area contributed by atoms with E-state index in [1.807, 2.05) is 13.8 Å². The molecular formula is C13H17ClFNO3. The number of benzene rings is 1. The first kappa shape index (κ1) is 15.9. The fourth-order valence-corrected chi connectivity index (χ4v) is 1.70. The van der Waals surface area contributed by atoms with Crippen LogP contribution in [0.5, 0.6) is 0 Å². The molecule has 0 aromatic heterocycles. The molecule has 0 saturated heterocycles. The van der Waals surface area contributed by atoms with Gasteiger partial charge in [-0.2, -0.15) is 0 Å². The third-order valence-electron chi connectivity index (χ3n) is 2.33. The molecule has 0 spiro atoms. The van der Waals surface area contributed by atoms with E-state index in [4.69, 9.17) is 21.1 Å². The lowest BCUT2D eigenvalue weighted by molar-refractivity contribution is -0.131. The summed E-state index contributed by atoms with van der Waals surface area (Å²) in [6.45, 7) is 4.78. The fourth-order valence-electron chi connectivity index (χ4n) is 1.49. The monoisotopic (exact) mass is 289 g/mol. The second-order valence-electron chi connectivity index (χ2n) is 3.65. The zero-order chi connectivity index (χ0) is 14.3. The highest BCUT2D eigenvalue weighted by atomic mass is 35.5. The molecule has 0 radical (unpaired) electrons. The van der Waals surface area contributed by atoms with Crippen LogP contribution >= 0.6 is 11.6 Å². The van der Waals surface area contributed by atoms with Gasteiger partial charge in [-0.15, -0.1) is 0 Å². The van der Waals surface area contributed by atoms with Crippen LogP contribution in [0, 0.1) is 5.82 Å². The molecule has 0 saturated carbocycles. The number of carbonyl (C=O) groups excluding carboxylic acids is 1. The standard InChI is InChI=1S/C13H17ClFNO3/c1-3-18-11(19-4-2)8-16-13(17)9-6-5-7-10(15)12(9)14/h5-7,11H,3-4,8H2,1-2H3,(H,16,17). The van der Waals surface area contributed by atoms with Gasteiger partial charge in [0.25, 0.3) is 5.91 Å². The Labute approximate surface area is 116 Å². The molecule has 4 nitrogen and oxygen atoms in total. The van der Waals surface area contributed by atoms with E-state index in [9.17, 15) is 9.18 Å². The molecule has 0 aliphatic rings. The molecule has 1 aromatic rings. The first-order chi connectivity index (χ1) is 9.10. The van der Waals surface area contributed by atoms with Gasteiger partial charge in [-0.25, -0.2) is 4.39 Å². The quantitative estimate of drug-likeness (QED) is 0.785. The summed E-state index contributed by atoms with van der Waals surface area (Å²) in [5.74, 6) is -1.09. The molecule has 106 valence electrons. The van der Waals surface area contributed by atoms with Gasteiger partial charge < -0.3 is 14.8 Å². The molecule has 0 aliphatic carbocycles. The third-order valence-corrected chi connectivity index (χ3v) is 2.71. The van der Waals surface area contributed by atoms with Crippen LogP contribution in [0.2, 0.25) is 5.02 Å². The lowest BCUT2D eigenvalue weighted by atomic mass is 10.2. The minimum absolute atomic E-state index is 0.0911. The lowest BCUT2D eigenvalue weighted by Gasteiger charge is -2.17. The van der Waals surface area contributed by atoms with Crippen molar-refractivity contribution in [3.05, 3.63) is 34.6 Å². The predicted molar refractivity (Wildman–Crippen MR) is 70.8 cm³/mol. The summed E-state index contributed by atoms with van der Waals surface area (Å²) in [4.78, 5) is 11.9. The normalized spacial score (nSPS) is 10.8. The second kappa shape index (κ2) is 8.09. The molecule has 0 atom stereocenters. The summed E-state index contributed by atoms with van der Waals surface area (Å²) in [5, 5.41) is 2.41. The zero-order valence-electron chi connectivity index (χ0n) is 10.9. The van der Waals surface area contributed by atoms with Crippen molar-refractivity contribution in [2.45, 2.75) is 20.1 Å². The Bertz CT molecular complexity index is 422. The van der Waals surface area contributed by atoms with Gasteiger partial charge >= 0.3 is 0 Å². The van der Waals surface area contributed by atoms with Gasteiger partial charge in [0.1, 0.15) is 5.82 Å². The van der Waals surface area contributed by atoms with E-state index in [0.717, 1.165) is 0 Å². The van der Waals surface area contributed by atoms with Crippen LogP contribution in [0.3, 0.4) is 0 Å². The van der Waals surface area contributed by atoms with Gasteiger partial charge in [-0.05, 0) is 26.0 Å². The average Bonchev–Trinajstić information content (AvgIpc) is 2.39. The fraction of sp³-hybridized carbons (Fsp3) is 0.462. The summed E-state index contributed by atoms with van der Waals surface area (Å²) in [6.07, 6.45) is -0.522. The molecule has 0 unspecified atom stereocenters. The van der Waals surface area contributed by atoms with E-state index >= 15 is 0 Å². The Hall–Kier alpha value is -1.17. The SMILES string of the molecule is CCOC(CNC(=O)c1cccc(F)c1Cl)OCC. The van der Waals surface area contributed by atoms with E-state index < -0.39 is 18.0 Å². The minimum atomic E-state index is -0.625. The highest BCUT2D eigenvalue weighted by Crippen LogP contribution is 2.19. The Morgan fingerprint density at radius 3 is 2.58 bits per heavy atom. The Morgan fingerprint density at radius 1 is 1.37 bits per heavy atom. The summed E-state index contributed by atoms with van der Waals surface area (Å²) in [5.41, 5.74) is 0.0911. The minimum Gasteiger partial charge on any atom is -0.351 e. The first-order valence-electron chi connectivity index (χ1n) is 6.05. The van der Waals surface area contributed by atoms with Gasteiger partial charge in [-0.3, -0.25) is 4.79 Å². The Kier molecular flexibility index (Phi) is 6.77. The number of hydrogen-bond acceptors (Lipinski definition) is 3. The molecule has 6 heteroatoms. The summed E-state index contributed by atoms with van der Waals surface area (Å²) < 4.78 is 23.8. The van der Waals surface area contributed by atoms with Crippen molar-refractivity contribution in [1.82, 2.24) is 5.32 Å². The van der Waals surface area contributed by atoms with Crippen LogP contribution in [0.15, 0.2) is 18.2 Å². The summed E-state index contributed by atoms with van der Waals surface area (Å²) in [6, 6.07) is 4.08. The molecule has 1 N–H and O–H groups in total. The number of carbonyl (C=O) groups is 1. The third kappa shape index (κ3) is 4.78. The van der Waals surface area contributed by atoms with Crippen molar-refractivity contribution < 1.29 is 18.7 Å². The van der Waals surface area contributed by atoms with Gasteiger partial charge in [0.2, 0.25) is 0 Å². The number of amides is 1. The first-order valence-corrected chi connectivity index (χ1v) is 6.43. The molecule has 0 bridgehead atoms. The van der Waals surface area contributed by atoms with Crippen molar-refractivity contribution >= 4 is 17.5 Å². The van der Waals surface area contributed by atoms with E-state index in [1.54, 1.807) is 0 Å². The van der Waals surface area contributed by atoms with Crippen LogP contribution in [0.1, 0.15) is 24.2 Å². The zero-order valence-corrected chi connectivity index (χ0v) is 11.7. The molecule has 0 aliphatic heterocycles. The van der Waals surface area contributed by atoms with Crippen molar-refractivity contribution in [3.63, 3.8) is 0 Å². The Morgan fingerprint density at radius 2 is 2.00 bits per heavy atom. The maximum Gasteiger partial charge on any atom is 0.253 e. The van der Waals surface area contributed by atoms with Gasteiger partial charge in [0.05, 0.1) is 17.1 Å². The van der Waals surface area contributed by atoms with Crippen molar-refractivity contribution in [3.8, 4) is 0 Å². The van der Waals surface area contributed by atoms with Crippen LogP contribution in [-0.2, 0) is 9.47 Å². The molecular weight excluding hydrogens is 273 g/mol. The van der Waals surface area contributed by atoms with Crippen LogP contribution < -0.4 is 5.32 Å². The number of nitrogens with one attached hydrogen (secondary N) is 1. The Balaban J connectivity index is 2.61. The predicted octanol–water partition coefficient (Wildman–Crippen LogP) is 2.61. The number of rotatable bonds is 7. The van der Waals surface area contributed by atoms with Crippen molar-refractivity contribution in [1.29, 1.82) is 0 Å². The molecule has 19 heavy (non-hydrogen) atoms. The highest BCUT2D eigenvalue weighted by molar-refractivity contribution is 6.34. The van der Waals surface area contributed by atoms with Crippen LogP contribution in [-0.4, -0.2) is 32.0 Å². The second-order valence-corrected chi connectivity index (χ2v) is 4.03. The average molecular weight is 290 g/mol. The lowest BCUT2D eigenvalue weighted by Crippen LogP contribution is -2.35. The van der Waals surface area contributed by atoms with Crippen LogP contribution in [0.4, 0.5) is 4.39 Å². The summed E-state index contributed by atoms with van der Waals surface area (Å²) >= 11 is 5.73. The molecule has 0 fully saturated rings. The van der Waals surface area contributed by atoms with Crippen molar-refractivity contribution in [2.24, 2.45) is 0 Å². The van der Waals surface area contributed by atoms with E-state index in [0.29, 0.717) is 13.2 Å². The van der Waals surface area contributed by atoms with E-state index in [-0.39, 0.29) is 17.1 Å². The molecule has 1 amide bonds. The van der Waals surface area contributed by atoms with Crippen LogP contribution in [0.25, 0.3) is 0 Å². The molecule has 0 heterocycles. The molecule has 1 rings (SSSR count).